The first-order valence-corrected chi connectivity index (χ1v) is 4.66. The van der Waals surface area contributed by atoms with Gasteiger partial charge in [0.1, 0.15) is 0 Å². The molecule has 0 bridgehead atoms. The van der Waals surface area contributed by atoms with Crippen LogP contribution in [-0.4, -0.2) is 28.1 Å². The van der Waals surface area contributed by atoms with E-state index in [4.69, 9.17) is 5.73 Å². The van der Waals surface area contributed by atoms with Crippen molar-refractivity contribution in [1.82, 2.24) is 20.3 Å². The summed E-state index contributed by atoms with van der Waals surface area (Å²) in [6, 6.07) is 0.870. The number of nitrogen functional groups attached to an aromatic ring is 1. The second-order valence-corrected chi connectivity index (χ2v) is 3.48. The van der Waals surface area contributed by atoms with Crippen LogP contribution in [0.25, 0.3) is 0 Å². The van der Waals surface area contributed by atoms with Crippen LogP contribution in [0.5, 0.6) is 0 Å². The van der Waals surface area contributed by atoms with Crippen molar-refractivity contribution in [3.05, 3.63) is 6.20 Å². The third-order valence-corrected chi connectivity index (χ3v) is 2.67. The summed E-state index contributed by atoms with van der Waals surface area (Å²) in [5.41, 5.74) is 5.52. The molecule has 0 saturated heterocycles. The van der Waals surface area contributed by atoms with Crippen molar-refractivity contribution in [3.8, 4) is 0 Å². The van der Waals surface area contributed by atoms with Crippen molar-refractivity contribution in [3.63, 3.8) is 0 Å². The number of hydrogen-bond donors (Lipinski definition) is 2. The minimum atomic E-state index is 0.377. The number of nitrogens with one attached hydrogen (secondary N) is 1. The molecule has 1 saturated carbocycles. The van der Waals surface area contributed by atoms with Crippen LogP contribution in [0.3, 0.4) is 0 Å². The summed E-state index contributed by atoms with van der Waals surface area (Å²) in [5, 5.41) is 11.6. The van der Waals surface area contributed by atoms with E-state index in [1.54, 1.807) is 11.0 Å². The predicted octanol–water partition coefficient (Wildman–Crippen LogP) is 0.173. The Morgan fingerprint density at radius 1 is 1.62 bits per heavy atom. The Bertz CT molecular complexity index is 282. The highest BCUT2D eigenvalue weighted by Gasteiger charge is 2.28. The maximum Gasteiger partial charge on any atom is 0.165 e. The van der Waals surface area contributed by atoms with Gasteiger partial charge in [-0.1, -0.05) is 0 Å². The Morgan fingerprint density at radius 2 is 2.46 bits per heavy atom. The van der Waals surface area contributed by atoms with E-state index in [9.17, 15) is 0 Å². The summed E-state index contributed by atoms with van der Waals surface area (Å²) < 4.78 is 0. The first-order chi connectivity index (χ1) is 6.31. The van der Waals surface area contributed by atoms with Crippen molar-refractivity contribution < 1.29 is 0 Å². The van der Waals surface area contributed by atoms with Crippen LogP contribution in [0.2, 0.25) is 0 Å². The van der Waals surface area contributed by atoms with Gasteiger partial charge in [-0.25, -0.2) is 0 Å². The molecule has 1 aromatic rings. The summed E-state index contributed by atoms with van der Waals surface area (Å²) in [7, 11) is 1.98. The van der Waals surface area contributed by atoms with Crippen LogP contribution in [0.1, 0.15) is 25.3 Å². The molecule has 13 heavy (non-hydrogen) atoms. The second-order valence-electron chi connectivity index (χ2n) is 3.48. The zero-order valence-electron chi connectivity index (χ0n) is 7.77. The Kier molecular flexibility index (Phi) is 2.18. The molecule has 1 aliphatic carbocycles. The van der Waals surface area contributed by atoms with Gasteiger partial charge in [0.2, 0.25) is 0 Å². The SMILES string of the molecule is CNC1CCCC1n1ncc(N)n1. The lowest BCUT2D eigenvalue weighted by Gasteiger charge is -2.17. The fourth-order valence-electron chi connectivity index (χ4n) is 2.00. The molecule has 1 fully saturated rings. The molecule has 3 N–H and O–H groups in total. The van der Waals surface area contributed by atoms with Crippen molar-refractivity contribution in [2.24, 2.45) is 0 Å². The Balaban J connectivity index is 2.15. The molecule has 0 spiro atoms. The maximum absolute atomic E-state index is 5.52. The minimum Gasteiger partial charge on any atom is -0.381 e. The fraction of sp³-hybridized carbons (Fsp3) is 0.750. The minimum absolute atomic E-state index is 0.377. The van der Waals surface area contributed by atoms with Gasteiger partial charge in [-0.15, -0.1) is 5.10 Å². The molecule has 1 aliphatic rings. The number of anilines is 1. The van der Waals surface area contributed by atoms with E-state index in [0.29, 0.717) is 17.9 Å². The largest absolute Gasteiger partial charge is 0.381 e. The Labute approximate surface area is 77.3 Å². The summed E-state index contributed by atoms with van der Waals surface area (Å²) in [5.74, 6) is 0.502. The first-order valence-electron chi connectivity index (χ1n) is 4.66. The van der Waals surface area contributed by atoms with Gasteiger partial charge in [0.15, 0.2) is 5.82 Å². The molecule has 0 radical (unpaired) electrons. The van der Waals surface area contributed by atoms with Crippen molar-refractivity contribution in [2.75, 3.05) is 12.8 Å². The highest BCUT2D eigenvalue weighted by atomic mass is 15.5. The van der Waals surface area contributed by atoms with E-state index < -0.39 is 0 Å². The molecule has 2 unspecified atom stereocenters. The molecule has 0 aliphatic heterocycles. The Hall–Kier alpha value is -1.10. The van der Waals surface area contributed by atoms with E-state index in [1.807, 2.05) is 7.05 Å². The zero-order valence-corrected chi connectivity index (χ0v) is 7.77. The number of nitrogens with two attached hydrogens (primary N) is 1. The number of likely N-dealkylation sites (N-methyl/N-ethyl adjacent to an activating group) is 1. The molecule has 72 valence electrons. The monoisotopic (exact) mass is 181 g/mol. The van der Waals surface area contributed by atoms with Gasteiger partial charge in [-0.2, -0.15) is 9.90 Å². The van der Waals surface area contributed by atoms with Crippen molar-refractivity contribution in [1.29, 1.82) is 0 Å². The maximum atomic E-state index is 5.52. The molecular weight excluding hydrogens is 166 g/mol. The average Bonchev–Trinajstić information content (AvgIpc) is 2.71. The van der Waals surface area contributed by atoms with Crippen LogP contribution in [0.4, 0.5) is 5.82 Å². The molecule has 5 heteroatoms. The van der Waals surface area contributed by atoms with Crippen LogP contribution < -0.4 is 11.1 Å². The summed E-state index contributed by atoms with van der Waals surface area (Å²) in [6.07, 6.45) is 5.17. The molecular formula is C8H15N5. The molecule has 5 nitrogen and oxygen atoms in total. The number of nitrogens with zero attached hydrogens (tertiary/aromatic N) is 3. The van der Waals surface area contributed by atoms with Gasteiger partial charge in [0.05, 0.1) is 12.2 Å². The summed E-state index contributed by atoms with van der Waals surface area (Å²) in [6.45, 7) is 0. The fourth-order valence-corrected chi connectivity index (χ4v) is 2.00. The lowest BCUT2D eigenvalue weighted by atomic mass is 10.2. The number of aromatic nitrogens is 3. The van der Waals surface area contributed by atoms with E-state index in [-0.39, 0.29) is 0 Å². The molecule has 0 amide bonds. The van der Waals surface area contributed by atoms with E-state index >= 15 is 0 Å². The predicted molar refractivity (Wildman–Crippen MR) is 50.2 cm³/mol. The number of hydrogen-bond acceptors (Lipinski definition) is 4. The Morgan fingerprint density at radius 3 is 3.08 bits per heavy atom. The van der Waals surface area contributed by atoms with Crippen LogP contribution in [0, 0.1) is 0 Å². The van der Waals surface area contributed by atoms with E-state index in [1.165, 1.54) is 12.8 Å². The highest BCUT2D eigenvalue weighted by Crippen LogP contribution is 2.28. The topological polar surface area (TPSA) is 68.8 Å². The van der Waals surface area contributed by atoms with Crippen molar-refractivity contribution >= 4 is 5.82 Å². The van der Waals surface area contributed by atoms with Crippen LogP contribution >= 0.6 is 0 Å². The molecule has 0 aromatic carbocycles. The van der Waals surface area contributed by atoms with Gasteiger partial charge in [0.25, 0.3) is 0 Å². The smallest absolute Gasteiger partial charge is 0.165 e. The number of rotatable bonds is 2. The quantitative estimate of drug-likeness (QED) is 0.682. The van der Waals surface area contributed by atoms with Gasteiger partial charge in [-0.05, 0) is 26.3 Å². The van der Waals surface area contributed by atoms with Gasteiger partial charge in [0, 0.05) is 6.04 Å². The van der Waals surface area contributed by atoms with Gasteiger partial charge < -0.3 is 11.1 Å². The van der Waals surface area contributed by atoms with E-state index in [0.717, 1.165) is 6.42 Å². The summed E-state index contributed by atoms with van der Waals surface area (Å²) in [4.78, 5) is 1.74. The second kappa shape index (κ2) is 3.33. The van der Waals surface area contributed by atoms with E-state index in [2.05, 4.69) is 15.5 Å². The average molecular weight is 181 g/mol. The van der Waals surface area contributed by atoms with Gasteiger partial charge in [-0.3, -0.25) is 0 Å². The lowest BCUT2D eigenvalue weighted by molar-refractivity contribution is 0.348. The molecule has 2 atom stereocenters. The highest BCUT2D eigenvalue weighted by molar-refractivity contribution is 5.19. The normalized spacial score (nSPS) is 28.1. The third kappa shape index (κ3) is 1.51. The third-order valence-electron chi connectivity index (χ3n) is 2.67. The first kappa shape index (κ1) is 8.50. The van der Waals surface area contributed by atoms with Crippen LogP contribution in [0.15, 0.2) is 6.20 Å². The molecule has 1 heterocycles. The lowest BCUT2D eigenvalue weighted by Crippen LogP contribution is -2.31. The standard InChI is InChI=1S/C8H15N5/c1-10-6-3-2-4-7(6)13-11-5-8(9)12-13/h5-7,10H,2-4H2,1H3,(H2,9,12). The van der Waals surface area contributed by atoms with Crippen LogP contribution in [-0.2, 0) is 0 Å². The molecule has 1 aromatic heterocycles. The van der Waals surface area contributed by atoms with Crippen molar-refractivity contribution in [2.45, 2.75) is 31.3 Å². The zero-order chi connectivity index (χ0) is 9.26. The van der Waals surface area contributed by atoms with Gasteiger partial charge >= 0.3 is 0 Å². The summed E-state index contributed by atoms with van der Waals surface area (Å²) >= 11 is 0. The molecule has 2 rings (SSSR count).